The SMILES string of the molecule is CC(C)(C)OC(=O)NC(CCCCCC=CC1CC1C(=O)NS(=O)(=O)C1CC1)C(=O)N1CC(Oc2ncc3ncn(Cc4ccccc4)c3n2)CC1C(N)=O. The summed E-state index contributed by atoms with van der Waals surface area (Å²) in [5, 5.41) is 2.27. The molecule has 6 rings (SSSR count). The standard InChI is InChI=1S/C38H50N8O8S/c1-38(2,3)54-37(50)42-29(15-11-6-4-5-10-14-25-18-28(25)34(48)44-55(51,52)27-16-17-27)35(49)46-22-26(19-31(46)32(39)47)53-36-40-20-30-33(43-36)45(23-41-30)21-24-12-8-7-9-13-24/h7-10,12-14,20,23,25-29,31H,4-6,11,15-19,21-22H2,1-3H3,(H2,39,47)(H,42,50)(H,44,48). The first-order chi connectivity index (χ1) is 26.2. The third-order valence-electron chi connectivity index (χ3n) is 9.80. The first kappa shape index (κ1) is 39.6. The van der Waals surface area contributed by atoms with Crippen LogP contribution in [-0.2, 0) is 35.7 Å². The lowest BCUT2D eigenvalue weighted by Crippen LogP contribution is -2.53. The molecule has 0 bridgehead atoms. The van der Waals surface area contributed by atoms with Crippen LogP contribution in [0.1, 0.15) is 84.1 Å². The average molecular weight is 779 g/mol. The molecule has 4 N–H and O–H groups in total. The van der Waals surface area contributed by atoms with Crippen LogP contribution in [0, 0.1) is 11.8 Å². The number of likely N-dealkylation sites (tertiary alicyclic amines) is 1. The van der Waals surface area contributed by atoms with E-state index in [1.807, 2.05) is 47.1 Å². The van der Waals surface area contributed by atoms with Crippen LogP contribution in [0.25, 0.3) is 11.2 Å². The summed E-state index contributed by atoms with van der Waals surface area (Å²) in [5.41, 5.74) is 7.22. The lowest BCUT2D eigenvalue weighted by atomic mass is 10.0. The molecular formula is C38H50N8O8S. The number of hydrogen-bond acceptors (Lipinski definition) is 11. The van der Waals surface area contributed by atoms with Gasteiger partial charge >= 0.3 is 12.1 Å². The number of amides is 4. The average Bonchev–Trinajstić information content (AvgIpc) is 4.04. The second-order valence-corrected chi connectivity index (χ2v) is 17.5. The van der Waals surface area contributed by atoms with Gasteiger partial charge in [-0.2, -0.15) is 4.98 Å². The third-order valence-corrected chi connectivity index (χ3v) is 11.6. The van der Waals surface area contributed by atoms with Crippen molar-refractivity contribution in [2.75, 3.05) is 6.54 Å². The van der Waals surface area contributed by atoms with Gasteiger partial charge in [0.2, 0.25) is 27.7 Å². The minimum atomic E-state index is -3.55. The topological polar surface area (TPSA) is 218 Å². The Hall–Kier alpha value is -5.06. The molecule has 1 saturated heterocycles. The highest BCUT2D eigenvalue weighted by Gasteiger charge is 2.45. The minimum absolute atomic E-state index is 0.0264. The molecule has 296 valence electrons. The Morgan fingerprint density at radius 1 is 1.05 bits per heavy atom. The van der Waals surface area contributed by atoms with Gasteiger partial charge in [0.1, 0.15) is 29.3 Å². The van der Waals surface area contributed by atoms with E-state index in [2.05, 4.69) is 25.0 Å². The second kappa shape index (κ2) is 16.8. The van der Waals surface area contributed by atoms with Crippen LogP contribution < -0.4 is 20.5 Å². The molecule has 2 aromatic heterocycles. The van der Waals surface area contributed by atoms with Crippen LogP contribution in [-0.4, -0.2) is 92.2 Å². The normalized spacial score (nSPS) is 21.7. The minimum Gasteiger partial charge on any atom is -0.458 e. The van der Waals surface area contributed by atoms with Crippen molar-refractivity contribution < 1.29 is 37.1 Å². The lowest BCUT2D eigenvalue weighted by Gasteiger charge is -2.28. The number of nitrogens with zero attached hydrogens (tertiary/aromatic N) is 5. The fourth-order valence-corrected chi connectivity index (χ4v) is 8.06. The van der Waals surface area contributed by atoms with Crippen LogP contribution in [0.5, 0.6) is 6.01 Å². The molecule has 3 aliphatic rings. The van der Waals surface area contributed by atoms with Gasteiger partial charge in [0.15, 0.2) is 5.65 Å². The van der Waals surface area contributed by atoms with E-state index in [0.29, 0.717) is 49.8 Å². The molecule has 55 heavy (non-hydrogen) atoms. The number of allylic oxidation sites excluding steroid dienone is 2. The molecule has 3 heterocycles. The zero-order valence-electron chi connectivity index (χ0n) is 31.4. The zero-order chi connectivity index (χ0) is 39.3. The van der Waals surface area contributed by atoms with Gasteiger partial charge in [0.25, 0.3) is 0 Å². The molecule has 1 aliphatic heterocycles. The van der Waals surface area contributed by atoms with Crippen molar-refractivity contribution >= 4 is 45.0 Å². The van der Waals surface area contributed by atoms with E-state index < -0.39 is 62.9 Å². The molecule has 3 aromatic rings. The van der Waals surface area contributed by atoms with E-state index in [4.69, 9.17) is 15.2 Å². The summed E-state index contributed by atoms with van der Waals surface area (Å²) in [6.07, 6.45) is 10.9. The fraction of sp³-hybridized carbons (Fsp3) is 0.553. The Morgan fingerprint density at radius 3 is 2.53 bits per heavy atom. The molecule has 0 spiro atoms. The number of carbonyl (C=O) groups is 4. The van der Waals surface area contributed by atoms with Crippen LogP contribution in [0.15, 0.2) is 55.0 Å². The summed E-state index contributed by atoms with van der Waals surface area (Å²) in [5.74, 6) is -1.89. The fourth-order valence-electron chi connectivity index (χ4n) is 6.71. The Labute approximate surface area is 320 Å². The van der Waals surface area contributed by atoms with Crippen molar-refractivity contribution in [1.82, 2.24) is 34.5 Å². The van der Waals surface area contributed by atoms with Gasteiger partial charge in [-0.1, -0.05) is 55.3 Å². The summed E-state index contributed by atoms with van der Waals surface area (Å²) >= 11 is 0. The van der Waals surface area contributed by atoms with Crippen molar-refractivity contribution in [2.24, 2.45) is 17.6 Å². The highest BCUT2D eigenvalue weighted by Crippen LogP contribution is 2.40. The Bertz CT molecular complexity index is 2010. The van der Waals surface area contributed by atoms with Crippen molar-refractivity contribution in [3.8, 4) is 6.01 Å². The third kappa shape index (κ3) is 10.8. The summed E-state index contributed by atoms with van der Waals surface area (Å²) in [7, 11) is -3.55. The molecule has 4 amide bonds. The van der Waals surface area contributed by atoms with Crippen LogP contribution in [0.3, 0.4) is 0 Å². The van der Waals surface area contributed by atoms with E-state index in [-0.39, 0.29) is 30.8 Å². The summed E-state index contributed by atoms with van der Waals surface area (Å²) < 4.78 is 39.8. The number of benzene rings is 1. The quantitative estimate of drug-likeness (QED) is 0.133. The molecule has 3 fully saturated rings. The number of alkyl carbamates (subject to hydrolysis) is 1. The molecule has 17 heteroatoms. The predicted molar refractivity (Wildman–Crippen MR) is 202 cm³/mol. The largest absolute Gasteiger partial charge is 0.458 e. The maximum absolute atomic E-state index is 14.0. The number of primary amides is 1. The van der Waals surface area contributed by atoms with Crippen molar-refractivity contribution in [3.63, 3.8) is 0 Å². The summed E-state index contributed by atoms with van der Waals surface area (Å²) in [4.78, 5) is 66.5. The van der Waals surface area contributed by atoms with E-state index in [1.165, 1.54) is 4.90 Å². The van der Waals surface area contributed by atoms with Gasteiger partial charge in [0.05, 0.1) is 30.9 Å². The maximum atomic E-state index is 14.0. The number of rotatable bonds is 17. The van der Waals surface area contributed by atoms with Gasteiger partial charge in [-0.05, 0) is 70.8 Å². The van der Waals surface area contributed by atoms with E-state index in [9.17, 15) is 27.6 Å². The Kier molecular flexibility index (Phi) is 12.1. The van der Waals surface area contributed by atoms with Crippen LogP contribution in [0.4, 0.5) is 4.79 Å². The Balaban J connectivity index is 1.03. The van der Waals surface area contributed by atoms with Crippen molar-refractivity contribution in [3.05, 3.63) is 60.6 Å². The first-order valence-electron chi connectivity index (χ1n) is 18.9. The predicted octanol–water partition coefficient (Wildman–Crippen LogP) is 3.35. The first-order valence-corrected chi connectivity index (χ1v) is 20.4. The number of aromatic nitrogens is 4. The smallest absolute Gasteiger partial charge is 0.408 e. The number of nitrogens with two attached hydrogens (primary N) is 1. The van der Waals surface area contributed by atoms with Crippen LogP contribution >= 0.6 is 0 Å². The number of unbranched alkanes of at least 4 members (excludes halogenated alkanes) is 3. The van der Waals surface area contributed by atoms with Gasteiger partial charge in [0, 0.05) is 12.3 Å². The molecule has 5 unspecified atom stereocenters. The van der Waals surface area contributed by atoms with Crippen molar-refractivity contribution in [1.29, 1.82) is 0 Å². The molecule has 16 nitrogen and oxygen atoms in total. The number of nitrogens with one attached hydrogen (secondary N) is 2. The summed E-state index contributed by atoms with van der Waals surface area (Å²) in [6.45, 7) is 5.75. The number of sulfonamides is 1. The highest BCUT2D eigenvalue weighted by molar-refractivity contribution is 7.90. The number of ether oxygens (including phenoxy) is 2. The molecular weight excluding hydrogens is 729 g/mol. The maximum Gasteiger partial charge on any atom is 0.408 e. The lowest BCUT2D eigenvalue weighted by molar-refractivity contribution is -0.139. The van der Waals surface area contributed by atoms with Crippen LogP contribution in [0.2, 0.25) is 0 Å². The van der Waals surface area contributed by atoms with E-state index in [1.54, 1.807) is 33.3 Å². The van der Waals surface area contributed by atoms with Gasteiger partial charge in [-0.25, -0.2) is 23.2 Å². The van der Waals surface area contributed by atoms with Gasteiger partial charge < -0.3 is 30.0 Å². The summed E-state index contributed by atoms with van der Waals surface area (Å²) in [6, 6.07) is 7.99. The monoisotopic (exact) mass is 778 g/mol. The molecule has 1 aromatic carbocycles. The highest BCUT2D eigenvalue weighted by atomic mass is 32.2. The molecule has 2 aliphatic carbocycles. The molecule has 0 radical (unpaired) electrons. The Morgan fingerprint density at radius 2 is 1.82 bits per heavy atom. The second-order valence-electron chi connectivity index (χ2n) is 15.6. The van der Waals surface area contributed by atoms with Gasteiger partial charge in [-0.3, -0.25) is 19.1 Å². The number of hydrogen-bond donors (Lipinski definition) is 3. The molecule has 2 saturated carbocycles. The molecule has 5 atom stereocenters. The van der Waals surface area contributed by atoms with E-state index >= 15 is 0 Å². The van der Waals surface area contributed by atoms with Gasteiger partial charge in [-0.15, -0.1) is 0 Å². The zero-order valence-corrected chi connectivity index (χ0v) is 32.2. The number of imidazole rings is 1. The number of fused-ring (bicyclic) bond motifs is 1. The van der Waals surface area contributed by atoms with E-state index in [0.717, 1.165) is 24.8 Å². The van der Waals surface area contributed by atoms with Crippen molar-refractivity contribution in [2.45, 2.75) is 114 Å². The number of carbonyl (C=O) groups excluding carboxylic acids is 4.